The maximum atomic E-state index is 12.3. The topological polar surface area (TPSA) is 114 Å². The fourth-order valence-electron chi connectivity index (χ4n) is 1.94. The van der Waals surface area contributed by atoms with Gasteiger partial charge in [-0.3, -0.25) is 4.68 Å². The highest BCUT2D eigenvalue weighted by atomic mass is 32.2. The van der Waals surface area contributed by atoms with Crippen molar-refractivity contribution in [2.24, 2.45) is 7.05 Å². The van der Waals surface area contributed by atoms with Gasteiger partial charge in [0.15, 0.2) is 0 Å². The zero-order chi connectivity index (χ0) is 15.6. The molecule has 0 unspecified atom stereocenters. The van der Waals surface area contributed by atoms with Gasteiger partial charge in [-0.15, -0.1) is 0 Å². The Bertz CT molecular complexity index is 818. The molecule has 1 aromatic heterocycles. The number of nitrogens with zero attached hydrogens (tertiary/aromatic N) is 3. The first-order valence-electron chi connectivity index (χ1n) is 6.12. The minimum atomic E-state index is -3.79. The molecule has 21 heavy (non-hydrogen) atoms. The first kappa shape index (κ1) is 15.0. The number of nitrogen functional groups attached to an aromatic ring is 1. The van der Waals surface area contributed by atoms with Crippen LogP contribution in [0.5, 0.6) is 0 Å². The van der Waals surface area contributed by atoms with Gasteiger partial charge in [-0.2, -0.15) is 10.4 Å². The molecule has 0 radical (unpaired) electrons. The van der Waals surface area contributed by atoms with Gasteiger partial charge in [0.2, 0.25) is 10.0 Å². The lowest BCUT2D eigenvalue weighted by atomic mass is 10.2. The Kier molecular flexibility index (Phi) is 3.97. The van der Waals surface area contributed by atoms with Crippen molar-refractivity contribution in [1.82, 2.24) is 14.5 Å². The van der Waals surface area contributed by atoms with Crippen molar-refractivity contribution in [2.45, 2.75) is 18.4 Å². The first-order chi connectivity index (χ1) is 9.83. The number of aryl methyl sites for hydroxylation is 2. The molecule has 1 aromatic carbocycles. The Morgan fingerprint density at radius 3 is 2.76 bits per heavy atom. The smallest absolute Gasteiger partial charge is 0.242 e. The van der Waals surface area contributed by atoms with Gasteiger partial charge in [0, 0.05) is 31.0 Å². The summed E-state index contributed by atoms with van der Waals surface area (Å²) in [6.45, 7) is 1.91. The average molecular weight is 305 g/mol. The Labute approximate surface area is 123 Å². The van der Waals surface area contributed by atoms with Crippen LogP contribution >= 0.6 is 0 Å². The molecule has 3 N–H and O–H groups in total. The van der Waals surface area contributed by atoms with Crippen LogP contribution in [0.25, 0.3) is 0 Å². The molecule has 2 aromatic rings. The fraction of sp³-hybridized carbons (Fsp3) is 0.231. The summed E-state index contributed by atoms with van der Waals surface area (Å²) in [5.41, 5.74) is 7.44. The highest BCUT2D eigenvalue weighted by Crippen LogP contribution is 2.18. The summed E-state index contributed by atoms with van der Waals surface area (Å²) in [7, 11) is -2.03. The predicted molar refractivity (Wildman–Crippen MR) is 77.5 cm³/mol. The van der Waals surface area contributed by atoms with E-state index in [9.17, 15) is 8.42 Å². The Balaban J connectivity index is 2.27. The van der Waals surface area contributed by atoms with Crippen LogP contribution in [0.15, 0.2) is 29.3 Å². The van der Waals surface area contributed by atoms with E-state index in [4.69, 9.17) is 11.0 Å². The Morgan fingerprint density at radius 2 is 2.19 bits per heavy atom. The largest absolute Gasteiger partial charge is 0.399 e. The number of rotatable bonds is 4. The minimum Gasteiger partial charge on any atom is -0.399 e. The lowest BCUT2D eigenvalue weighted by Gasteiger charge is -2.08. The lowest BCUT2D eigenvalue weighted by molar-refractivity contribution is 0.581. The van der Waals surface area contributed by atoms with E-state index in [1.807, 2.05) is 6.07 Å². The SMILES string of the molecule is Cc1nn(C)cc1CNS(=O)(=O)c1ccc(N)cc1C#N. The van der Waals surface area contributed by atoms with Crippen LogP contribution in [0, 0.1) is 18.3 Å². The zero-order valence-corrected chi connectivity index (χ0v) is 12.5. The van der Waals surface area contributed by atoms with Gasteiger partial charge in [0.05, 0.1) is 16.2 Å². The summed E-state index contributed by atoms with van der Waals surface area (Å²) in [6, 6.07) is 5.95. The van der Waals surface area contributed by atoms with E-state index in [0.29, 0.717) is 5.69 Å². The third-order valence-corrected chi connectivity index (χ3v) is 4.44. The third-order valence-electron chi connectivity index (χ3n) is 2.98. The van der Waals surface area contributed by atoms with E-state index >= 15 is 0 Å². The molecule has 0 atom stereocenters. The van der Waals surface area contributed by atoms with Gasteiger partial charge in [0.1, 0.15) is 6.07 Å². The van der Waals surface area contributed by atoms with Crippen LogP contribution in [0.4, 0.5) is 5.69 Å². The summed E-state index contributed by atoms with van der Waals surface area (Å²) in [5.74, 6) is 0. The van der Waals surface area contributed by atoms with Crippen molar-refractivity contribution in [3.63, 3.8) is 0 Å². The third kappa shape index (κ3) is 3.21. The number of hydrogen-bond donors (Lipinski definition) is 2. The van der Waals surface area contributed by atoms with Gasteiger partial charge in [-0.05, 0) is 25.1 Å². The average Bonchev–Trinajstić information content (AvgIpc) is 2.74. The second-order valence-corrected chi connectivity index (χ2v) is 6.34. The van der Waals surface area contributed by atoms with Gasteiger partial charge in [-0.25, -0.2) is 13.1 Å². The quantitative estimate of drug-likeness (QED) is 0.805. The molecule has 2 rings (SSSR count). The number of hydrogen-bond acceptors (Lipinski definition) is 5. The number of anilines is 1. The van der Waals surface area contributed by atoms with Crippen molar-refractivity contribution in [2.75, 3.05) is 5.73 Å². The second-order valence-electron chi connectivity index (χ2n) is 4.61. The highest BCUT2D eigenvalue weighted by molar-refractivity contribution is 7.89. The van der Waals surface area contributed by atoms with Gasteiger partial charge in [-0.1, -0.05) is 0 Å². The minimum absolute atomic E-state index is 0.0189. The van der Waals surface area contributed by atoms with Crippen LogP contribution in [-0.4, -0.2) is 18.2 Å². The predicted octanol–water partition coefficient (Wildman–Crippen LogP) is 0.661. The molecule has 7 nitrogen and oxygen atoms in total. The fourth-order valence-corrected chi connectivity index (χ4v) is 3.08. The molecule has 8 heteroatoms. The van der Waals surface area contributed by atoms with Gasteiger partial charge < -0.3 is 5.73 Å². The molecule has 0 fully saturated rings. The molecule has 0 saturated heterocycles. The van der Waals surface area contributed by atoms with Crippen molar-refractivity contribution in [3.8, 4) is 6.07 Å². The molecule has 0 amide bonds. The van der Waals surface area contributed by atoms with Gasteiger partial charge in [0.25, 0.3) is 0 Å². The molecule has 0 bridgehead atoms. The summed E-state index contributed by atoms with van der Waals surface area (Å²) >= 11 is 0. The van der Waals surface area contributed by atoms with E-state index in [1.54, 1.807) is 24.9 Å². The van der Waals surface area contributed by atoms with E-state index in [-0.39, 0.29) is 17.0 Å². The standard InChI is InChI=1S/C13H15N5O2S/c1-9-11(8-18(2)17-9)7-16-21(19,20)13-4-3-12(15)5-10(13)6-14/h3-5,8,16H,7,15H2,1-2H3. The number of aromatic nitrogens is 2. The van der Waals surface area contributed by atoms with E-state index in [1.165, 1.54) is 18.2 Å². The van der Waals surface area contributed by atoms with Crippen molar-refractivity contribution < 1.29 is 8.42 Å². The summed E-state index contributed by atoms with van der Waals surface area (Å²) in [6.07, 6.45) is 1.74. The number of nitriles is 1. The molecule has 0 saturated carbocycles. The van der Waals surface area contributed by atoms with Crippen LogP contribution in [0.3, 0.4) is 0 Å². The Hall–Kier alpha value is -2.37. The maximum Gasteiger partial charge on any atom is 0.242 e. The lowest BCUT2D eigenvalue weighted by Crippen LogP contribution is -2.24. The molecule has 1 heterocycles. The zero-order valence-electron chi connectivity index (χ0n) is 11.7. The highest BCUT2D eigenvalue weighted by Gasteiger charge is 2.19. The van der Waals surface area contributed by atoms with Crippen LogP contribution in [0.1, 0.15) is 16.8 Å². The van der Waals surface area contributed by atoms with E-state index < -0.39 is 10.0 Å². The van der Waals surface area contributed by atoms with Crippen LogP contribution in [0.2, 0.25) is 0 Å². The number of nitrogens with one attached hydrogen (secondary N) is 1. The molecule has 110 valence electrons. The second kappa shape index (κ2) is 5.55. The summed E-state index contributed by atoms with van der Waals surface area (Å²) in [5, 5.41) is 13.2. The van der Waals surface area contributed by atoms with Crippen molar-refractivity contribution in [3.05, 3.63) is 41.2 Å². The number of sulfonamides is 1. The molecule has 0 aliphatic rings. The van der Waals surface area contributed by atoms with E-state index in [0.717, 1.165) is 11.3 Å². The summed E-state index contributed by atoms with van der Waals surface area (Å²) in [4.78, 5) is -0.0826. The van der Waals surface area contributed by atoms with Crippen LogP contribution in [-0.2, 0) is 23.6 Å². The van der Waals surface area contributed by atoms with E-state index in [2.05, 4.69) is 9.82 Å². The Morgan fingerprint density at radius 1 is 1.48 bits per heavy atom. The molecular formula is C13H15N5O2S. The number of nitrogens with two attached hydrogens (primary N) is 1. The van der Waals surface area contributed by atoms with Crippen molar-refractivity contribution >= 4 is 15.7 Å². The first-order valence-corrected chi connectivity index (χ1v) is 7.60. The van der Waals surface area contributed by atoms with Crippen molar-refractivity contribution in [1.29, 1.82) is 5.26 Å². The molecule has 0 aliphatic carbocycles. The maximum absolute atomic E-state index is 12.3. The molecule has 0 spiro atoms. The monoisotopic (exact) mass is 305 g/mol. The molecule has 0 aliphatic heterocycles. The molecular weight excluding hydrogens is 290 g/mol. The summed E-state index contributed by atoms with van der Waals surface area (Å²) < 4.78 is 28.6. The normalized spacial score (nSPS) is 11.3. The van der Waals surface area contributed by atoms with Gasteiger partial charge >= 0.3 is 0 Å². The number of benzene rings is 1. The van der Waals surface area contributed by atoms with Crippen LogP contribution < -0.4 is 10.5 Å².